The van der Waals surface area contributed by atoms with Crippen LogP contribution in [0.3, 0.4) is 0 Å². The van der Waals surface area contributed by atoms with Crippen molar-refractivity contribution in [2.75, 3.05) is 25.7 Å². The normalized spacial score (nSPS) is 12.9. The highest BCUT2D eigenvalue weighted by atomic mass is 32.2. The van der Waals surface area contributed by atoms with E-state index in [1.165, 1.54) is 0 Å². The first kappa shape index (κ1) is 16.5. The third kappa shape index (κ3) is 11.7. The van der Waals surface area contributed by atoms with Crippen LogP contribution in [0.25, 0.3) is 0 Å². The van der Waals surface area contributed by atoms with E-state index in [2.05, 4.69) is 8.37 Å². The van der Waals surface area contributed by atoms with E-state index in [1.54, 1.807) is 0 Å². The minimum Gasteiger partial charge on any atom is -0.303 e. The number of rotatable bonds is 9. The summed E-state index contributed by atoms with van der Waals surface area (Å²) in [6.07, 6.45) is 2.84. The standard InChI is InChI=1S/C8H16O7S2/c1-16(10,11)14-5-3-8(7-9)4-6-15-17(2,12)13/h7-8H,3-6H2,1-2H3. The zero-order valence-electron chi connectivity index (χ0n) is 9.66. The third-order valence-corrected chi connectivity index (χ3v) is 2.95. The molecule has 0 unspecified atom stereocenters. The SMILES string of the molecule is CS(=O)(=O)OCCC(C=O)CCOS(C)(=O)=O. The Kier molecular flexibility index (Phi) is 6.83. The predicted octanol–water partition coefficient (Wildman–Crippen LogP) is -0.466. The Morgan fingerprint density at radius 3 is 1.53 bits per heavy atom. The number of carbonyl (C=O) groups is 1. The molecule has 0 aliphatic heterocycles. The summed E-state index contributed by atoms with van der Waals surface area (Å²) in [5, 5.41) is 0. The minimum atomic E-state index is -3.51. The summed E-state index contributed by atoms with van der Waals surface area (Å²) in [6, 6.07) is 0. The van der Waals surface area contributed by atoms with Crippen LogP contribution in [0, 0.1) is 5.92 Å². The molecule has 0 spiro atoms. The van der Waals surface area contributed by atoms with Gasteiger partial charge in [0.2, 0.25) is 0 Å². The van der Waals surface area contributed by atoms with Gasteiger partial charge in [0.1, 0.15) is 6.29 Å². The average Bonchev–Trinajstić information content (AvgIpc) is 2.11. The highest BCUT2D eigenvalue weighted by molar-refractivity contribution is 7.86. The average molecular weight is 288 g/mol. The highest BCUT2D eigenvalue weighted by Crippen LogP contribution is 2.07. The van der Waals surface area contributed by atoms with Gasteiger partial charge in [-0.3, -0.25) is 8.37 Å². The fraction of sp³-hybridized carbons (Fsp3) is 0.875. The third-order valence-electron chi connectivity index (χ3n) is 1.76. The quantitative estimate of drug-likeness (QED) is 0.417. The first-order valence-corrected chi connectivity index (χ1v) is 8.41. The summed E-state index contributed by atoms with van der Waals surface area (Å²) in [6.45, 7) is -0.220. The summed E-state index contributed by atoms with van der Waals surface area (Å²) in [4.78, 5) is 10.6. The van der Waals surface area contributed by atoms with Crippen LogP contribution in [-0.4, -0.2) is 48.8 Å². The van der Waals surface area contributed by atoms with Crippen LogP contribution in [0.4, 0.5) is 0 Å². The van der Waals surface area contributed by atoms with Crippen LogP contribution in [-0.2, 0) is 33.4 Å². The number of hydrogen-bond donors (Lipinski definition) is 0. The second kappa shape index (κ2) is 7.04. The van der Waals surface area contributed by atoms with E-state index in [9.17, 15) is 21.6 Å². The van der Waals surface area contributed by atoms with E-state index >= 15 is 0 Å². The molecule has 0 aromatic carbocycles. The maximum atomic E-state index is 10.6. The molecule has 7 nitrogen and oxygen atoms in total. The molecule has 0 saturated carbocycles. The van der Waals surface area contributed by atoms with Crippen molar-refractivity contribution in [1.29, 1.82) is 0 Å². The van der Waals surface area contributed by atoms with E-state index in [1.807, 2.05) is 0 Å². The molecule has 0 aliphatic carbocycles. The lowest BCUT2D eigenvalue weighted by Crippen LogP contribution is -2.13. The molecule has 0 saturated heterocycles. The van der Waals surface area contributed by atoms with E-state index in [0.717, 1.165) is 12.5 Å². The topological polar surface area (TPSA) is 104 Å². The lowest BCUT2D eigenvalue weighted by Gasteiger charge is -2.09. The van der Waals surface area contributed by atoms with Gasteiger partial charge in [-0.1, -0.05) is 0 Å². The summed E-state index contributed by atoms with van der Waals surface area (Å²) < 4.78 is 51.5. The Hall–Kier alpha value is -0.510. The first-order valence-electron chi connectivity index (χ1n) is 4.78. The minimum absolute atomic E-state index is 0.110. The Morgan fingerprint density at radius 2 is 1.29 bits per heavy atom. The number of hydrogen-bond acceptors (Lipinski definition) is 7. The number of aldehydes is 1. The molecule has 0 amide bonds. The highest BCUT2D eigenvalue weighted by Gasteiger charge is 2.11. The largest absolute Gasteiger partial charge is 0.303 e. The molecule has 0 rings (SSSR count). The van der Waals surface area contributed by atoms with Crippen molar-refractivity contribution in [1.82, 2.24) is 0 Å². The molecule has 0 heterocycles. The van der Waals surface area contributed by atoms with E-state index in [0.29, 0.717) is 6.29 Å². The molecule has 102 valence electrons. The van der Waals surface area contributed by atoms with Crippen molar-refractivity contribution >= 4 is 26.5 Å². The van der Waals surface area contributed by atoms with Crippen LogP contribution in [0.1, 0.15) is 12.8 Å². The second-order valence-corrected chi connectivity index (χ2v) is 6.81. The lowest BCUT2D eigenvalue weighted by molar-refractivity contribution is -0.111. The summed E-state index contributed by atoms with van der Waals surface area (Å²) >= 11 is 0. The molecule has 0 aromatic heterocycles. The van der Waals surface area contributed by atoms with Crippen LogP contribution in [0.5, 0.6) is 0 Å². The molecule has 0 N–H and O–H groups in total. The fourth-order valence-corrected chi connectivity index (χ4v) is 1.78. The second-order valence-electron chi connectivity index (χ2n) is 3.53. The van der Waals surface area contributed by atoms with Crippen LogP contribution in [0.2, 0.25) is 0 Å². The molecule has 0 aromatic rings. The monoisotopic (exact) mass is 288 g/mol. The Labute approximate surface area is 101 Å². The Morgan fingerprint density at radius 1 is 0.941 bits per heavy atom. The van der Waals surface area contributed by atoms with Crippen LogP contribution >= 0.6 is 0 Å². The first-order chi connectivity index (χ1) is 7.64. The molecule has 0 bridgehead atoms. The van der Waals surface area contributed by atoms with Gasteiger partial charge < -0.3 is 4.79 Å². The molecule has 9 heteroatoms. The maximum absolute atomic E-state index is 10.6. The van der Waals surface area contributed by atoms with Crippen molar-refractivity contribution in [3.63, 3.8) is 0 Å². The Bertz CT molecular complexity index is 385. The van der Waals surface area contributed by atoms with E-state index in [4.69, 9.17) is 0 Å². The van der Waals surface area contributed by atoms with Crippen molar-refractivity contribution in [2.45, 2.75) is 12.8 Å². The zero-order chi connectivity index (χ0) is 13.5. The summed E-state index contributed by atoms with van der Waals surface area (Å²) in [5.41, 5.74) is 0. The molecule has 0 aliphatic rings. The van der Waals surface area contributed by atoms with Crippen LogP contribution < -0.4 is 0 Å². The maximum Gasteiger partial charge on any atom is 0.264 e. The molecular weight excluding hydrogens is 272 g/mol. The predicted molar refractivity (Wildman–Crippen MR) is 60.4 cm³/mol. The van der Waals surface area contributed by atoms with Gasteiger partial charge in [0.25, 0.3) is 20.2 Å². The van der Waals surface area contributed by atoms with Crippen molar-refractivity contribution in [3.05, 3.63) is 0 Å². The molecule has 0 atom stereocenters. The van der Waals surface area contributed by atoms with Crippen molar-refractivity contribution in [2.24, 2.45) is 5.92 Å². The molecule has 0 radical (unpaired) electrons. The van der Waals surface area contributed by atoms with E-state index in [-0.39, 0.29) is 26.1 Å². The van der Waals surface area contributed by atoms with Gasteiger partial charge in [-0.25, -0.2) is 0 Å². The molecule has 0 fully saturated rings. The van der Waals surface area contributed by atoms with Gasteiger partial charge in [-0.05, 0) is 12.8 Å². The van der Waals surface area contributed by atoms with Gasteiger partial charge in [0, 0.05) is 5.92 Å². The van der Waals surface area contributed by atoms with Crippen molar-refractivity contribution in [3.8, 4) is 0 Å². The smallest absolute Gasteiger partial charge is 0.264 e. The van der Waals surface area contributed by atoms with Crippen LogP contribution in [0.15, 0.2) is 0 Å². The van der Waals surface area contributed by atoms with Gasteiger partial charge in [-0.2, -0.15) is 16.8 Å². The van der Waals surface area contributed by atoms with Crippen molar-refractivity contribution < 1.29 is 30.0 Å². The summed E-state index contributed by atoms with van der Waals surface area (Å²) in [7, 11) is -7.03. The zero-order valence-corrected chi connectivity index (χ0v) is 11.3. The van der Waals surface area contributed by atoms with Gasteiger partial charge in [-0.15, -0.1) is 0 Å². The molecule has 17 heavy (non-hydrogen) atoms. The number of carbonyl (C=O) groups excluding carboxylic acids is 1. The fourth-order valence-electron chi connectivity index (χ4n) is 0.982. The lowest BCUT2D eigenvalue weighted by atomic mass is 10.1. The van der Waals surface area contributed by atoms with E-state index < -0.39 is 26.2 Å². The van der Waals surface area contributed by atoms with Gasteiger partial charge in [0.05, 0.1) is 25.7 Å². The Balaban J connectivity index is 3.89. The van der Waals surface area contributed by atoms with Gasteiger partial charge in [0.15, 0.2) is 0 Å². The molecular formula is C8H16O7S2. The van der Waals surface area contributed by atoms with Gasteiger partial charge >= 0.3 is 0 Å². The summed E-state index contributed by atoms with van der Waals surface area (Å²) in [5.74, 6) is -0.488.